The third-order valence-corrected chi connectivity index (χ3v) is 3.64. The van der Waals surface area contributed by atoms with E-state index in [0.29, 0.717) is 0 Å². The van der Waals surface area contributed by atoms with Crippen LogP contribution in [0.3, 0.4) is 0 Å². The first-order valence-electron chi connectivity index (χ1n) is 5.92. The van der Waals surface area contributed by atoms with Crippen LogP contribution >= 0.6 is 0 Å². The van der Waals surface area contributed by atoms with Gasteiger partial charge >= 0.3 is 0 Å². The Kier molecular flexibility index (Phi) is 2.44. The van der Waals surface area contributed by atoms with Crippen LogP contribution in [0, 0.1) is 0 Å². The van der Waals surface area contributed by atoms with Gasteiger partial charge in [-0.05, 0) is 25.0 Å². The quantitative estimate of drug-likeness (QED) is 0.844. The lowest BCUT2D eigenvalue weighted by molar-refractivity contribution is 0.112. The monoisotopic (exact) mass is 229 g/mol. The van der Waals surface area contributed by atoms with Gasteiger partial charge in [0.25, 0.3) is 0 Å². The summed E-state index contributed by atoms with van der Waals surface area (Å²) < 4.78 is 0. The summed E-state index contributed by atoms with van der Waals surface area (Å²) >= 11 is 0. The SMILES string of the molecule is OCC1(c2nccc(-c3cc[nH]c3)n2)CCC1. The summed E-state index contributed by atoms with van der Waals surface area (Å²) in [4.78, 5) is 11.9. The number of H-pyrrole nitrogens is 1. The van der Waals surface area contributed by atoms with Crippen LogP contribution in [-0.2, 0) is 5.41 Å². The van der Waals surface area contributed by atoms with Crippen molar-refractivity contribution >= 4 is 0 Å². The number of aliphatic hydroxyl groups is 1. The lowest BCUT2D eigenvalue weighted by atomic mass is 9.68. The van der Waals surface area contributed by atoms with E-state index >= 15 is 0 Å². The molecular weight excluding hydrogens is 214 g/mol. The van der Waals surface area contributed by atoms with Crippen LogP contribution < -0.4 is 0 Å². The summed E-state index contributed by atoms with van der Waals surface area (Å²) in [6, 6.07) is 3.88. The first-order chi connectivity index (χ1) is 8.34. The first kappa shape index (κ1) is 10.5. The number of aromatic nitrogens is 3. The van der Waals surface area contributed by atoms with Crippen molar-refractivity contribution < 1.29 is 5.11 Å². The molecule has 0 unspecified atom stereocenters. The Hall–Kier alpha value is -1.68. The molecule has 0 amide bonds. The number of aromatic amines is 1. The van der Waals surface area contributed by atoms with Crippen LogP contribution in [0.1, 0.15) is 25.1 Å². The Morgan fingerprint density at radius 1 is 1.35 bits per heavy atom. The molecule has 2 heterocycles. The minimum atomic E-state index is -0.188. The van der Waals surface area contributed by atoms with E-state index in [1.54, 1.807) is 6.20 Å². The zero-order valence-corrected chi connectivity index (χ0v) is 9.56. The molecule has 0 spiro atoms. The molecule has 1 aliphatic rings. The second-order valence-electron chi connectivity index (χ2n) is 4.66. The van der Waals surface area contributed by atoms with Crippen LogP contribution in [0.5, 0.6) is 0 Å². The fourth-order valence-corrected chi connectivity index (χ4v) is 2.31. The van der Waals surface area contributed by atoms with Crippen molar-refractivity contribution in [1.82, 2.24) is 15.0 Å². The highest BCUT2D eigenvalue weighted by Gasteiger charge is 2.40. The van der Waals surface area contributed by atoms with Gasteiger partial charge in [-0.2, -0.15) is 0 Å². The average Bonchev–Trinajstić information content (AvgIpc) is 2.82. The van der Waals surface area contributed by atoms with Gasteiger partial charge in [0.1, 0.15) is 5.82 Å². The highest BCUT2D eigenvalue weighted by atomic mass is 16.3. The highest BCUT2D eigenvalue weighted by molar-refractivity contribution is 5.57. The standard InChI is InChI=1S/C13H15N3O/c17-9-13(4-1-5-13)12-15-7-3-11(16-12)10-2-6-14-8-10/h2-3,6-8,14,17H,1,4-5,9H2. The van der Waals surface area contributed by atoms with E-state index in [2.05, 4.69) is 15.0 Å². The van der Waals surface area contributed by atoms with Crippen LogP contribution in [0.2, 0.25) is 0 Å². The Morgan fingerprint density at radius 2 is 2.24 bits per heavy atom. The summed E-state index contributed by atoms with van der Waals surface area (Å²) in [6.07, 6.45) is 8.69. The smallest absolute Gasteiger partial charge is 0.137 e. The summed E-state index contributed by atoms with van der Waals surface area (Å²) in [5.74, 6) is 0.782. The lowest BCUT2D eigenvalue weighted by Gasteiger charge is -2.38. The van der Waals surface area contributed by atoms with Gasteiger partial charge in [0.15, 0.2) is 0 Å². The van der Waals surface area contributed by atoms with Gasteiger partial charge in [-0.3, -0.25) is 0 Å². The molecule has 2 N–H and O–H groups in total. The third-order valence-electron chi connectivity index (χ3n) is 3.64. The zero-order valence-electron chi connectivity index (χ0n) is 9.56. The Morgan fingerprint density at radius 3 is 2.82 bits per heavy atom. The molecule has 0 aliphatic heterocycles. The summed E-state index contributed by atoms with van der Waals surface area (Å²) in [5.41, 5.74) is 1.78. The highest BCUT2D eigenvalue weighted by Crippen LogP contribution is 2.41. The molecule has 0 saturated heterocycles. The molecule has 0 atom stereocenters. The summed E-state index contributed by atoms with van der Waals surface area (Å²) in [6.45, 7) is 0.142. The van der Waals surface area contributed by atoms with Gasteiger partial charge in [0, 0.05) is 24.2 Å². The minimum Gasteiger partial charge on any atom is -0.395 e. The van der Waals surface area contributed by atoms with Gasteiger partial charge in [-0.15, -0.1) is 0 Å². The van der Waals surface area contributed by atoms with Crippen LogP contribution in [0.15, 0.2) is 30.7 Å². The fourth-order valence-electron chi connectivity index (χ4n) is 2.31. The number of nitrogens with zero attached hydrogens (tertiary/aromatic N) is 2. The van der Waals surface area contributed by atoms with Crippen molar-refractivity contribution in [3.63, 3.8) is 0 Å². The lowest BCUT2D eigenvalue weighted by Crippen LogP contribution is -2.39. The third kappa shape index (κ3) is 1.65. The maximum Gasteiger partial charge on any atom is 0.137 e. The van der Waals surface area contributed by atoms with Crippen molar-refractivity contribution in [3.8, 4) is 11.3 Å². The molecule has 1 saturated carbocycles. The molecule has 0 bridgehead atoms. The largest absolute Gasteiger partial charge is 0.395 e. The van der Waals surface area contributed by atoms with Gasteiger partial charge in [0.2, 0.25) is 0 Å². The molecule has 0 aromatic carbocycles. The second-order valence-corrected chi connectivity index (χ2v) is 4.66. The first-order valence-corrected chi connectivity index (χ1v) is 5.92. The summed E-state index contributed by atoms with van der Waals surface area (Å²) in [7, 11) is 0. The van der Waals surface area contributed by atoms with Crippen molar-refractivity contribution in [1.29, 1.82) is 0 Å². The maximum atomic E-state index is 9.53. The molecule has 4 heteroatoms. The van der Waals surface area contributed by atoms with E-state index in [1.165, 1.54) is 0 Å². The Labute approximate surface area is 99.8 Å². The topological polar surface area (TPSA) is 61.8 Å². The van der Waals surface area contributed by atoms with Crippen LogP contribution in [0.25, 0.3) is 11.3 Å². The molecule has 2 aromatic rings. The zero-order chi connectivity index (χ0) is 11.7. The van der Waals surface area contributed by atoms with E-state index in [0.717, 1.165) is 36.3 Å². The van der Waals surface area contributed by atoms with Gasteiger partial charge in [0.05, 0.1) is 17.7 Å². The number of hydrogen-bond donors (Lipinski definition) is 2. The molecule has 1 aliphatic carbocycles. The predicted octanol–water partition coefficient (Wildman–Crippen LogP) is 1.89. The molecule has 88 valence electrons. The average molecular weight is 229 g/mol. The number of rotatable bonds is 3. The molecule has 1 fully saturated rings. The van der Waals surface area contributed by atoms with Crippen molar-refractivity contribution in [2.24, 2.45) is 0 Å². The normalized spacial score (nSPS) is 17.7. The Balaban J connectivity index is 1.99. The number of aliphatic hydroxyl groups excluding tert-OH is 1. The van der Waals surface area contributed by atoms with E-state index in [9.17, 15) is 5.11 Å². The van der Waals surface area contributed by atoms with Gasteiger partial charge in [-0.1, -0.05) is 6.42 Å². The molecule has 4 nitrogen and oxygen atoms in total. The molecular formula is C13H15N3O. The number of nitrogens with one attached hydrogen (secondary N) is 1. The Bertz CT molecular complexity index is 498. The van der Waals surface area contributed by atoms with Gasteiger partial charge < -0.3 is 10.1 Å². The second kappa shape index (κ2) is 3.96. The van der Waals surface area contributed by atoms with Gasteiger partial charge in [-0.25, -0.2) is 9.97 Å². The predicted molar refractivity (Wildman–Crippen MR) is 64.4 cm³/mol. The molecule has 17 heavy (non-hydrogen) atoms. The number of hydrogen-bond acceptors (Lipinski definition) is 3. The molecule has 2 aromatic heterocycles. The van der Waals surface area contributed by atoms with Crippen LogP contribution in [-0.4, -0.2) is 26.7 Å². The van der Waals surface area contributed by atoms with E-state index in [1.807, 2.05) is 24.5 Å². The minimum absolute atomic E-state index is 0.142. The fraction of sp³-hybridized carbons (Fsp3) is 0.385. The molecule has 3 rings (SSSR count). The van der Waals surface area contributed by atoms with Crippen LogP contribution in [0.4, 0.5) is 0 Å². The van der Waals surface area contributed by atoms with E-state index < -0.39 is 0 Å². The van der Waals surface area contributed by atoms with Crippen molar-refractivity contribution in [2.45, 2.75) is 24.7 Å². The van der Waals surface area contributed by atoms with E-state index in [4.69, 9.17) is 0 Å². The maximum absolute atomic E-state index is 9.53. The van der Waals surface area contributed by atoms with Crippen molar-refractivity contribution in [2.75, 3.05) is 6.61 Å². The summed E-state index contributed by atoms with van der Waals surface area (Å²) in [5, 5.41) is 9.53. The van der Waals surface area contributed by atoms with E-state index in [-0.39, 0.29) is 12.0 Å². The molecule has 0 radical (unpaired) electrons. The van der Waals surface area contributed by atoms with Crippen molar-refractivity contribution in [3.05, 3.63) is 36.5 Å².